The molecule has 3 aliphatic rings. The highest BCUT2D eigenvalue weighted by Gasteiger charge is 2.46. The molecule has 0 bridgehead atoms. The van der Waals surface area contributed by atoms with Crippen molar-refractivity contribution >= 4 is 29.1 Å². The van der Waals surface area contributed by atoms with Gasteiger partial charge in [-0.05, 0) is 69.2 Å². The Morgan fingerprint density at radius 3 is 2.50 bits per heavy atom. The standard InChI is InChI=1S/C31H36N4O5/c1-4-39-23-14-10-22(11-15-23)35-17-16-25(18-35)40-24-12-8-21(9-13-24)29-28-27(31(38)34-29)20(3)32-30(28)33-26(37)7-5-6-19(2)36/h8-15,25,28-29H,4-7,16-18H2,1-3H3,(H,34,38)(H,32,33,37)/t25-,28?,29-/m1/s1. The van der Waals surface area contributed by atoms with Gasteiger partial charge in [-0.2, -0.15) is 0 Å². The zero-order chi connectivity index (χ0) is 28.2. The molecule has 9 heteroatoms. The van der Waals surface area contributed by atoms with Gasteiger partial charge >= 0.3 is 0 Å². The van der Waals surface area contributed by atoms with E-state index in [1.54, 1.807) is 6.92 Å². The van der Waals surface area contributed by atoms with E-state index in [0.29, 0.717) is 36.6 Å². The number of hydrogen-bond donors (Lipinski definition) is 2. The number of ketones is 1. The number of ether oxygens (including phenoxy) is 2. The summed E-state index contributed by atoms with van der Waals surface area (Å²) in [5, 5.41) is 5.95. The summed E-state index contributed by atoms with van der Waals surface area (Å²) < 4.78 is 11.8. The number of carbonyl (C=O) groups is 3. The second-order valence-electron chi connectivity index (χ2n) is 10.5. The van der Waals surface area contributed by atoms with E-state index in [2.05, 4.69) is 32.7 Å². The molecule has 2 aromatic rings. The lowest BCUT2D eigenvalue weighted by molar-refractivity contribution is -0.120. The van der Waals surface area contributed by atoms with Crippen LogP contribution in [0, 0.1) is 5.92 Å². The summed E-state index contributed by atoms with van der Waals surface area (Å²) >= 11 is 0. The average molecular weight is 545 g/mol. The third-order valence-electron chi connectivity index (χ3n) is 7.55. The Bertz CT molecular complexity index is 1330. The molecule has 0 saturated carbocycles. The maximum atomic E-state index is 12.8. The van der Waals surface area contributed by atoms with E-state index in [1.165, 1.54) is 6.92 Å². The zero-order valence-electron chi connectivity index (χ0n) is 23.2. The Hall–Kier alpha value is -4.14. The molecule has 0 aromatic heterocycles. The number of nitrogens with one attached hydrogen (secondary N) is 2. The van der Waals surface area contributed by atoms with Crippen molar-refractivity contribution in [1.82, 2.24) is 10.6 Å². The number of anilines is 1. The van der Waals surface area contributed by atoms with E-state index in [-0.39, 0.29) is 42.1 Å². The van der Waals surface area contributed by atoms with Crippen LogP contribution in [0.4, 0.5) is 5.69 Å². The summed E-state index contributed by atoms with van der Waals surface area (Å²) in [6.45, 7) is 7.65. The van der Waals surface area contributed by atoms with Crippen LogP contribution in [0.3, 0.4) is 0 Å². The molecular weight excluding hydrogens is 508 g/mol. The number of allylic oxidation sites excluding steroid dienone is 1. The molecule has 3 heterocycles. The monoisotopic (exact) mass is 544 g/mol. The Morgan fingerprint density at radius 1 is 1.07 bits per heavy atom. The maximum absolute atomic E-state index is 12.8. The van der Waals surface area contributed by atoms with Crippen molar-refractivity contribution in [2.24, 2.45) is 10.9 Å². The van der Waals surface area contributed by atoms with E-state index in [1.807, 2.05) is 43.3 Å². The lowest BCUT2D eigenvalue weighted by atomic mass is 9.90. The van der Waals surface area contributed by atoms with Gasteiger partial charge in [-0.1, -0.05) is 12.1 Å². The highest BCUT2D eigenvalue weighted by atomic mass is 16.5. The van der Waals surface area contributed by atoms with Gasteiger partial charge in [0.15, 0.2) is 0 Å². The van der Waals surface area contributed by atoms with Crippen molar-refractivity contribution in [3.63, 3.8) is 0 Å². The minimum Gasteiger partial charge on any atom is -0.494 e. The van der Waals surface area contributed by atoms with Crippen LogP contribution in [-0.2, 0) is 14.4 Å². The number of amidine groups is 1. The molecule has 1 unspecified atom stereocenters. The van der Waals surface area contributed by atoms with Crippen molar-refractivity contribution in [2.75, 3.05) is 24.6 Å². The molecular formula is C31H36N4O5. The number of aliphatic imine (C=N–C) groups is 1. The van der Waals surface area contributed by atoms with Crippen molar-refractivity contribution in [2.45, 2.75) is 58.6 Å². The second kappa shape index (κ2) is 11.9. The molecule has 0 aliphatic carbocycles. The number of carbonyl (C=O) groups excluding carboxylic acids is 3. The molecule has 2 fully saturated rings. The number of hydrogen-bond acceptors (Lipinski definition) is 7. The van der Waals surface area contributed by atoms with Crippen LogP contribution in [0.15, 0.2) is 64.8 Å². The number of nitrogens with zero attached hydrogens (tertiary/aromatic N) is 2. The second-order valence-corrected chi connectivity index (χ2v) is 10.5. The summed E-state index contributed by atoms with van der Waals surface area (Å²) in [5.41, 5.74) is 3.27. The predicted octanol–water partition coefficient (Wildman–Crippen LogP) is 4.09. The number of amides is 2. The average Bonchev–Trinajstić information content (AvgIpc) is 3.62. The lowest BCUT2D eigenvalue weighted by Gasteiger charge is -2.21. The van der Waals surface area contributed by atoms with Gasteiger partial charge < -0.3 is 29.8 Å². The number of rotatable bonds is 10. The maximum Gasteiger partial charge on any atom is 0.250 e. The van der Waals surface area contributed by atoms with Gasteiger partial charge in [0.2, 0.25) is 11.8 Å². The Labute approximate surface area is 234 Å². The first-order valence-electron chi connectivity index (χ1n) is 14.0. The van der Waals surface area contributed by atoms with Crippen LogP contribution < -0.4 is 25.0 Å². The molecule has 2 saturated heterocycles. The number of benzene rings is 2. The molecule has 5 rings (SSSR count). The number of Topliss-reactive ketones (excluding diaryl/α,β-unsaturated/α-hetero) is 1. The lowest BCUT2D eigenvalue weighted by Crippen LogP contribution is -2.37. The van der Waals surface area contributed by atoms with Gasteiger partial charge in [-0.3, -0.25) is 9.59 Å². The quantitative estimate of drug-likeness (QED) is 0.466. The van der Waals surface area contributed by atoms with Crippen LogP contribution in [0.5, 0.6) is 11.5 Å². The minimum atomic E-state index is -0.367. The van der Waals surface area contributed by atoms with Gasteiger partial charge in [-0.25, -0.2) is 4.99 Å². The van der Waals surface area contributed by atoms with Gasteiger partial charge in [0, 0.05) is 37.2 Å². The summed E-state index contributed by atoms with van der Waals surface area (Å²) in [6.07, 6.45) is 2.08. The summed E-state index contributed by atoms with van der Waals surface area (Å²) in [7, 11) is 0. The summed E-state index contributed by atoms with van der Waals surface area (Å²) in [4.78, 5) is 43.3. The minimum absolute atomic E-state index is 0.0572. The Balaban J connectivity index is 1.20. The smallest absolute Gasteiger partial charge is 0.250 e. The third-order valence-corrected chi connectivity index (χ3v) is 7.55. The first kappa shape index (κ1) is 27.4. The van der Waals surface area contributed by atoms with Crippen molar-refractivity contribution in [3.05, 3.63) is 65.4 Å². The van der Waals surface area contributed by atoms with Crippen LogP contribution in [0.1, 0.15) is 58.1 Å². The normalized spacial score (nSPS) is 21.7. The van der Waals surface area contributed by atoms with Crippen molar-refractivity contribution < 1.29 is 23.9 Å². The van der Waals surface area contributed by atoms with Crippen LogP contribution in [-0.4, -0.2) is 49.2 Å². The first-order valence-corrected chi connectivity index (χ1v) is 14.0. The predicted molar refractivity (Wildman–Crippen MR) is 152 cm³/mol. The fraction of sp³-hybridized carbons (Fsp3) is 0.419. The summed E-state index contributed by atoms with van der Waals surface area (Å²) in [6, 6.07) is 15.6. The zero-order valence-corrected chi connectivity index (χ0v) is 23.2. The van der Waals surface area contributed by atoms with Crippen LogP contribution in [0.2, 0.25) is 0 Å². The van der Waals surface area contributed by atoms with E-state index >= 15 is 0 Å². The highest BCUT2D eigenvalue weighted by molar-refractivity contribution is 6.12. The summed E-state index contributed by atoms with van der Waals surface area (Å²) in [5.74, 6) is 1.44. The third kappa shape index (κ3) is 6.03. The van der Waals surface area contributed by atoms with Crippen molar-refractivity contribution in [1.29, 1.82) is 0 Å². The van der Waals surface area contributed by atoms with Gasteiger partial charge in [0.1, 0.15) is 29.2 Å². The SMILES string of the molecule is CCOc1ccc(N2CC[C@@H](Oc3ccc([C@H]4NC(=O)C5=C(C)N=C(NC(=O)CCCC(C)=O)C54)cc3)C2)cc1. The molecule has 9 nitrogen and oxygen atoms in total. The van der Waals surface area contributed by atoms with Crippen LogP contribution >= 0.6 is 0 Å². The van der Waals surface area contributed by atoms with Gasteiger partial charge in [-0.15, -0.1) is 0 Å². The van der Waals surface area contributed by atoms with Crippen LogP contribution in [0.25, 0.3) is 0 Å². The van der Waals surface area contributed by atoms with E-state index in [0.717, 1.165) is 42.3 Å². The van der Waals surface area contributed by atoms with E-state index < -0.39 is 0 Å². The first-order chi connectivity index (χ1) is 19.3. The molecule has 3 atom stereocenters. The van der Waals surface area contributed by atoms with E-state index in [9.17, 15) is 14.4 Å². The molecule has 3 aliphatic heterocycles. The molecule has 0 spiro atoms. The largest absolute Gasteiger partial charge is 0.494 e. The number of fused-ring (bicyclic) bond motifs is 1. The van der Waals surface area contributed by atoms with Crippen molar-refractivity contribution in [3.8, 4) is 11.5 Å². The topological polar surface area (TPSA) is 109 Å². The molecule has 2 N–H and O–H groups in total. The molecule has 0 radical (unpaired) electrons. The molecule has 2 amide bonds. The Kier molecular flexibility index (Phi) is 8.19. The molecule has 210 valence electrons. The van der Waals surface area contributed by atoms with E-state index in [4.69, 9.17) is 9.47 Å². The fourth-order valence-corrected chi connectivity index (χ4v) is 5.61. The van der Waals surface area contributed by atoms with Gasteiger partial charge in [0.05, 0.1) is 30.7 Å². The molecule has 2 aromatic carbocycles. The highest BCUT2D eigenvalue weighted by Crippen LogP contribution is 2.41. The van der Waals surface area contributed by atoms with Gasteiger partial charge in [0.25, 0.3) is 0 Å². The molecule has 40 heavy (non-hydrogen) atoms. The fourth-order valence-electron chi connectivity index (χ4n) is 5.61. The Morgan fingerprint density at radius 2 is 1.80 bits per heavy atom.